The van der Waals surface area contributed by atoms with E-state index < -0.39 is 0 Å². The van der Waals surface area contributed by atoms with Crippen molar-refractivity contribution in [1.82, 2.24) is 4.57 Å². The molecule has 4 nitrogen and oxygen atoms in total. The summed E-state index contributed by atoms with van der Waals surface area (Å²) >= 11 is 0. The number of nitro benzene ring substituents is 1. The standard InChI is InChI=1S/C11H12N2O2/c1-7-8(2)12(3)11-9(7)5-4-6-10(11)13(14)15/h4-6H,1-3H3. The molecule has 0 aliphatic carbocycles. The molecule has 1 aromatic heterocycles. The molecule has 0 radical (unpaired) electrons. The highest BCUT2D eigenvalue weighted by molar-refractivity contribution is 5.92. The Hall–Kier alpha value is -1.84. The van der Waals surface area contributed by atoms with Crippen molar-refractivity contribution in [3.8, 4) is 0 Å². The van der Waals surface area contributed by atoms with Crippen LogP contribution in [0.3, 0.4) is 0 Å². The van der Waals surface area contributed by atoms with E-state index in [0.29, 0.717) is 5.52 Å². The second kappa shape index (κ2) is 3.08. The topological polar surface area (TPSA) is 48.1 Å². The Morgan fingerprint density at radius 3 is 2.60 bits per heavy atom. The first-order valence-corrected chi connectivity index (χ1v) is 4.73. The Labute approximate surface area is 87.3 Å². The van der Waals surface area contributed by atoms with E-state index in [1.54, 1.807) is 12.1 Å². The van der Waals surface area contributed by atoms with Gasteiger partial charge >= 0.3 is 0 Å². The Morgan fingerprint density at radius 2 is 2.00 bits per heavy atom. The van der Waals surface area contributed by atoms with Gasteiger partial charge in [-0.05, 0) is 19.4 Å². The van der Waals surface area contributed by atoms with Crippen LogP contribution in [0, 0.1) is 24.0 Å². The van der Waals surface area contributed by atoms with Crippen LogP contribution in [-0.4, -0.2) is 9.49 Å². The summed E-state index contributed by atoms with van der Waals surface area (Å²) in [4.78, 5) is 10.5. The van der Waals surface area contributed by atoms with Crippen LogP contribution in [0.15, 0.2) is 18.2 Å². The smallest absolute Gasteiger partial charge is 0.293 e. The molecule has 0 fully saturated rings. The molecule has 0 bridgehead atoms. The molecule has 78 valence electrons. The zero-order chi connectivity index (χ0) is 11.2. The van der Waals surface area contributed by atoms with E-state index >= 15 is 0 Å². The number of aromatic nitrogens is 1. The molecule has 0 aliphatic rings. The average molecular weight is 204 g/mol. The second-order valence-corrected chi connectivity index (χ2v) is 3.70. The third-order valence-corrected chi connectivity index (χ3v) is 3.00. The maximum Gasteiger partial charge on any atom is 0.293 e. The number of para-hydroxylation sites is 1. The molecular weight excluding hydrogens is 192 g/mol. The van der Waals surface area contributed by atoms with Gasteiger partial charge in [-0.2, -0.15) is 0 Å². The normalized spacial score (nSPS) is 10.9. The van der Waals surface area contributed by atoms with Crippen molar-refractivity contribution in [3.05, 3.63) is 39.6 Å². The van der Waals surface area contributed by atoms with E-state index in [1.165, 1.54) is 0 Å². The Bertz CT molecular complexity index is 555. The molecule has 15 heavy (non-hydrogen) atoms. The number of nitro groups is 1. The number of rotatable bonds is 1. The van der Waals surface area contributed by atoms with E-state index in [9.17, 15) is 10.1 Å². The Morgan fingerprint density at radius 1 is 1.33 bits per heavy atom. The lowest BCUT2D eigenvalue weighted by atomic mass is 10.1. The molecule has 0 spiro atoms. The fourth-order valence-electron chi connectivity index (χ4n) is 1.95. The SMILES string of the molecule is Cc1c(C)n(C)c2c([N+](=O)[O-])cccc12. The van der Waals surface area contributed by atoms with Gasteiger partial charge in [0.2, 0.25) is 0 Å². The summed E-state index contributed by atoms with van der Waals surface area (Å²) in [6.45, 7) is 3.96. The van der Waals surface area contributed by atoms with Gasteiger partial charge in [0.25, 0.3) is 5.69 Å². The third kappa shape index (κ3) is 1.21. The lowest BCUT2D eigenvalue weighted by Crippen LogP contribution is -1.95. The van der Waals surface area contributed by atoms with Crippen LogP contribution >= 0.6 is 0 Å². The van der Waals surface area contributed by atoms with Crippen molar-refractivity contribution in [3.63, 3.8) is 0 Å². The van der Waals surface area contributed by atoms with Crippen LogP contribution in [0.4, 0.5) is 5.69 Å². The molecule has 0 amide bonds. The Balaban J connectivity index is 2.98. The third-order valence-electron chi connectivity index (χ3n) is 3.00. The van der Waals surface area contributed by atoms with Crippen LogP contribution in [0.5, 0.6) is 0 Å². The van der Waals surface area contributed by atoms with E-state index in [-0.39, 0.29) is 10.6 Å². The van der Waals surface area contributed by atoms with E-state index in [2.05, 4.69) is 0 Å². The number of non-ortho nitro benzene ring substituents is 1. The van der Waals surface area contributed by atoms with Crippen LogP contribution < -0.4 is 0 Å². The monoisotopic (exact) mass is 204 g/mol. The molecule has 0 aliphatic heterocycles. The summed E-state index contributed by atoms with van der Waals surface area (Å²) in [5.41, 5.74) is 3.05. The second-order valence-electron chi connectivity index (χ2n) is 3.70. The minimum atomic E-state index is -0.332. The number of hydrogen-bond acceptors (Lipinski definition) is 2. The van der Waals surface area contributed by atoms with Gasteiger partial charge in [-0.3, -0.25) is 10.1 Å². The highest BCUT2D eigenvalue weighted by atomic mass is 16.6. The van der Waals surface area contributed by atoms with Crippen LogP contribution in [0.1, 0.15) is 11.3 Å². The van der Waals surface area contributed by atoms with Gasteiger partial charge < -0.3 is 4.57 Å². The lowest BCUT2D eigenvalue weighted by Gasteiger charge is -1.99. The number of fused-ring (bicyclic) bond motifs is 1. The summed E-state index contributed by atoms with van der Waals surface area (Å²) in [6, 6.07) is 5.19. The van der Waals surface area contributed by atoms with E-state index in [0.717, 1.165) is 16.6 Å². The molecule has 0 unspecified atom stereocenters. The van der Waals surface area contributed by atoms with Gasteiger partial charge in [-0.1, -0.05) is 12.1 Å². The van der Waals surface area contributed by atoms with Crippen molar-refractivity contribution >= 4 is 16.6 Å². The number of benzene rings is 1. The Kier molecular flexibility index (Phi) is 2.00. The highest BCUT2D eigenvalue weighted by Crippen LogP contribution is 2.30. The zero-order valence-electron chi connectivity index (χ0n) is 8.94. The average Bonchev–Trinajstić information content (AvgIpc) is 2.44. The molecule has 1 aromatic carbocycles. The van der Waals surface area contributed by atoms with Gasteiger partial charge in [0, 0.05) is 24.2 Å². The molecule has 0 N–H and O–H groups in total. The summed E-state index contributed by atoms with van der Waals surface area (Å²) in [5.74, 6) is 0. The first kappa shape index (κ1) is 9.71. The van der Waals surface area contributed by atoms with Gasteiger partial charge in [0.15, 0.2) is 0 Å². The van der Waals surface area contributed by atoms with E-state index in [1.807, 2.05) is 31.5 Å². The first-order valence-electron chi connectivity index (χ1n) is 4.73. The molecule has 4 heteroatoms. The van der Waals surface area contributed by atoms with Crippen LogP contribution in [0.25, 0.3) is 10.9 Å². The van der Waals surface area contributed by atoms with Crippen molar-refractivity contribution in [2.24, 2.45) is 7.05 Å². The fraction of sp³-hybridized carbons (Fsp3) is 0.273. The van der Waals surface area contributed by atoms with Crippen molar-refractivity contribution < 1.29 is 4.92 Å². The largest absolute Gasteiger partial charge is 0.342 e. The van der Waals surface area contributed by atoms with Gasteiger partial charge in [-0.25, -0.2) is 0 Å². The summed E-state index contributed by atoms with van der Waals surface area (Å²) < 4.78 is 1.88. The van der Waals surface area contributed by atoms with Crippen LogP contribution in [0.2, 0.25) is 0 Å². The fourth-order valence-corrected chi connectivity index (χ4v) is 1.95. The molecule has 0 saturated heterocycles. The van der Waals surface area contributed by atoms with Gasteiger partial charge in [0.05, 0.1) is 4.92 Å². The van der Waals surface area contributed by atoms with Gasteiger partial charge in [-0.15, -0.1) is 0 Å². The van der Waals surface area contributed by atoms with Crippen molar-refractivity contribution in [2.45, 2.75) is 13.8 Å². The maximum absolute atomic E-state index is 10.9. The molecule has 1 heterocycles. The molecule has 2 rings (SSSR count). The first-order chi connectivity index (χ1) is 7.04. The zero-order valence-corrected chi connectivity index (χ0v) is 8.94. The number of nitrogens with zero attached hydrogens (tertiary/aromatic N) is 2. The van der Waals surface area contributed by atoms with Crippen molar-refractivity contribution in [1.29, 1.82) is 0 Å². The molecule has 0 saturated carbocycles. The van der Waals surface area contributed by atoms with Crippen molar-refractivity contribution in [2.75, 3.05) is 0 Å². The summed E-state index contributed by atoms with van der Waals surface area (Å²) in [7, 11) is 1.86. The molecule has 0 atom stereocenters. The lowest BCUT2D eigenvalue weighted by molar-refractivity contribution is -0.383. The predicted octanol–water partition coefficient (Wildman–Crippen LogP) is 2.70. The number of hydrogen-bond donors (Lipinski definition) is 0. The van der Waals surface area contributed by atoms with E-state index in [4.69, 9.17) is 0 Å². The minimum Gasteiger partial charge on any atom is -0.342 e. The molecular formula is C11H12N2O2. The quantitative estimate of drug-likeness (QED) is 0.529. The maximum atomic E-state index is 10.9. The number of aryl methyl sites for hydroxylation is 2. The minimum absolute atomic E-state index is 0.172. The highest BCUT2D eigenvalue weighted by Gasteiger charge is 2.17. The molecule has 2 aromatic rings. The van der Waals surface area contributed by atoms with Gasteiger partial charge in [0.1, 0.15) is 5.52 Å². The van der Waals surface area contributed by atoms with Crippen LogP contribution in [-0.2, 0) is 7.05 Å². The predicted molar refractivity (Wildman–Crippen MR) is 59.0 cm³/mol. The summed E-state index contributed by atoms with van der Waals surface area (Å²) in [5, 5.41) is 11.8. The summed E-state index contributed by atoms with van der Waals surface area (Å²) in [6.07, 6.45) is 0.